The summed E-state index contributed by atoms with van der Waals surface area (Å²) in [6, 6.07) is 4.24. The highest BCUT2D eigenvalue weighted by Gasteiger charge is 2.24. The Morgan fingerprint density at radius 1 is 1.42 bits per heavy atom. The van der Waals surface area contributed by atoms with Gasteiger partial charge in [0.2, 0.25) is 5.82 Å². The number of amides is 1. The van der Waals surface area contributed by atoms with Gasteiger partial charge in [0.05, 0.1) is 15.2 Å². The van der Waals surface area contributed by atoms with Gasteiger partial charge in [-0.05, 0) is 76.9 Å². The van der Waals surface area contributed by atoms with Gasteiger partial charge in [0.1, 0.15) is 17.7 Å². The first-order valence-electron chi connectivity index (χ1n) is 10.3. The third-order valence-corrected chi connectivity index (χ3v) is 6.81. The SMILES string of the molecule is CCN1CCC(c2nc(C(=O)Nc3nonc3/C=N/ONc3ccc(F)c(Br)c3)cs2)CC1. The summed E-state index contributed by atoms with van der Waals surface area (Å²) in [6.07, 6.45) is 3.30. The van der Waals surface area contributed by atoms with E-state index in [-0.39, 0.29) is 16.0 Å². The van der Waals surface area contributed by atoms with Crippen LogP contribution in [-0.4, -0.2) is 52.0 Å². The van der Waals surface area contributed by atoms with Crippen molar-refractivity contribution in [1.29, 1.82) is 0 Å². The Kier molecular flexibility index (Phi) is 7.62. The Balaban J connectivity index is 1.31. The molecule has 1 aromatic carbocycles. The van der Waals surface area contributed by atoms with Crippen molar-refractivity contribution >= 4 is 50.9 Å². The Bertz CT molecular complexity index is 1130. The number of aromatic nitrogens is 3. The first-order chi connectivity index (χ1) is 16.0. The third-order valence-electron chi connectivity index (χ3n) is 5.20. The maximum atomic E-state index is 13.3. The average molecular weight is 538 g/mol. The molecule has 33 heavy (non-hydrogen) atoms. The van der Waals surface area contributed by atoms with Crippen LogP contribution in [0.5, 0.6) is 0 Å². The molecule has 13 heteroatoms. The fraction of sp³-hybridized carbons (Fsp3) is 0.350. The summed E-state index contributed by atoms with van der Waals surface area (Å²) in [5, 5.41) is 16.4. The molecule has 1 saturated heterocycles. The van der Waals surface area contributed by atoms with Crippen molar-refractivity contribution in [2.45, 2.75) is 25.7 Å². The van der Waals surface area contributed by atoms with Gasteiger partial charge in [0.25, 0.3) is 5.91 Å². The lowest BCUT2D eigenvalue weighted by Crippen LogP contribution is -2.32. The predicted octanol–water partition coefficient (Wildman–Crippen LogP) is 4.26. The second-order valence-corrected chi connectivity index (χ2v) is 9.03. The molecule has 0 bridgehead atoms. The van der Waals surface area contributed by atoms with E-state index in [0.29, 0.717) is 17.3 Å². The van der Waals surface area contributed by atoms with Crippen LogP contribution in [0.3, 0.4) is 0 Å². The fourth-order valence-corrected chi connectivity index (χ4v) is 4.68. The topological polar surface area (TPSA) is 118 Å². The van der Waals surface area contributed by atoms with Crippen molar-refractivity contribution in [2.24, 2.45) is 5.16 Å². The van der Waals surface area contributed by atoms with E-state index < -0.39 is 11.7 Å². The number of halogens is 2. The zero-order chi connectivity index (χ0) is 23.2. The number of carbonyl (C=O) groups excluding carboxylic acids is 1. The number of anilines is 2. The minimum absolute atomic E-state index is 0.0858. The van der Waals surface area contributed by atoms with Gasteiger partial charge in [-0.3, -0.25) is 9.73 Å². The van der Waals surface area contributed by atoms with Crippen LogP contribution in [0, 0.1) is 5.82 Å². The highest BCUT2D eigenvalue weighted by molar-refractivity contribution is 9.10. The number of hydrogen-bond acceptors (Lipinski definition) is 10. The second-order valence-electron chi connectivity index (χ2n) is 7.29. The minimum atomic E-state index is -0.413. The molecule has 0 aliphatic carbocycles. The number of oxime groups is 1. The molecule has 4 rings (SSSR count). The largest absolute Gasteiger partial charge is 0.304 e. The van der Waals surface area contributed by atoms with Crippen molar-refractivity contribution in [1.82, 2.24) is 20.2 Å². The zero-order valence-electron chi connectivity index (χ0n) is 17.6. The quantitative estimate of drug-likeness (QED) is 0.323. The molecule has 0 atom stereocenters. The van der Waals surface area contributed by atoms with Crippen LogP contribution in [-0.2, 0) is 4.94 Å². The van der Waals surface area contributed by atoms with Gasteiger partial charge in [-0.25, -0.2) is 14.0 Å². The molecule has 2 aromatic heterocycles. The molecule has 2 N–H and O–H groups in total. The maximum Gasteiger partial charge on any atom is 0.276 e. The standard InChI is InChI=1S/C20H21BrFN7O3S/c1-2-29-7-5-12(6-8-29)20-24-17(11-33-20)19(30)25-18-16(27-32-28-18)10-23-31-26-13-3-4-15(22)14(21)9-13/h3-4,9-12,26H,2,5-8H2,1H3,(H,25,28,30)/b23-10+. The summed E-state index contributed by atoms with van der Waals surface area (Å²) in [5.74, 6) is -0.346. The summed E-state index contributed by atoms with van der Waals surface area (Å²) in [4.78, 5) is 24.5. The van der Waals surface area contributed by atoms with Gasteiger partial charge in [-0.1, -0.05) is 12.1 Å². The Morgan fingerprint density at radius 2 is 2.24 bits per heavy atom. The number of likely N-dealkylation sites (tertiary alicyclic amines) is 1. The smallest absolute Gasteiger partial charge is 0.276 e. The van der Waals surface area contributed by atoms with Gasteiger partial charge < -0.3 is 10.2 Å². The van der Waals surface area contributed by atoms with E-state index in [9.17, 15) is 9.18 Å². The van der Waals surface area contributed by atoms with E-state index in [2.05, 4.69) is 59.0 Å². The van der Waals surface area contributed by atoms with Crippen LogP contribution in [0.15, 0.2) is 37.8 Å². The molecule has 1 aliphatic heterocycles. The van der Waals surface area contributed by atoms with Crippen LogP contribution in [0.4, 0.5) is 15.9 Å². The van der Waals surface area contributed by atoms with E-state index in [4.69, 9.17) is 9.57 Å². The zero-order valence-corrected chi connectivity index (χ0v) is 20.0. The van der Waals surface area contributed by atoms with Crippen LogP contribution >= 0.6 is 27.3 Å². The first kappa shape index (κ1) is 23.3. The van der Waals surface area contributed by atoms with Gasteiger partial charge in [0.15, 0.2) is 5.69 Å². The lowest BCUT2D eigenvalue weighted by molar-refractivity contribution is 0.102. The lowest BCUT2D eigenvalue weighted by atomic mass is 9.98. The molecule has 0 spiro atoms. The molecule has 0 saturated carbocycles. The molecule has 0 radical (unpaired) electrons. The summed E-state index contributed by atoms with van der Waals surface area (Å²) in [7, 11) is 0. The fourth-order valence-electron chi connectivity index (χ4n) is 3.33. The molecule has 1 aliphatic rings. The lowest BCUT2D eigenvalue weighted by Gasteiger charge is -2.29. The van der Waals surface area contributed by atoms with Crippen molar-refractivity contribution < 1.29 is 18.8 Å². The molecule has 174 valence electrons. The number of nitrogens with one attached hydrogen (secondary N) is 2. The highest BCUT2D eigenvalue weighted by atomic mass is 79.9. The third kappa shape index (κ3) is 5.92. The summed E-state index contributed by atoms with van der Waals surface area (Å²) in [5.41, 5.74) is 3.49. The Morgan fingerprint density at radius 3 is 3.00 bits per heavy atom. The molecular formula is C20H21BrFN7O3S. The summed E-state index contributed by atoms with van der Waals surface area (Å²) >= 11 is 4.58. The number of carbonyl (C=O) groups is 1. The molecule has 1 fully saturated rings. The van der Waals surface area contributed by atoms with Crippen LogP contribution in [0.2, 0.25) is 0 Å². The number of thiazole rings is 1. The molecule has 1 amide bonds. The second kappa shape index (κ2) is 10.8. The van der Waals surface area contributed by atoms with E-state index in [1.54, 1.807) is 5.38 Å². The van der Waals surface area contributed by atoms with Crippen molar-refractivity contribution in [2.75, 3.05) is 30.4 Å². The van der Waals surface area contributed by atoms with Crippen LogP contribution in [0.1, 0.15) is 46.9 Å². The van der Waals surface area contributed by atoms with Gasteiger partial charge in [0, 0.05) is 11.3 Å². The first-order valence-corrected chi connectivity index (χ1v) is 11.9. The number of benzene rings is 1. The monoisotopic (exact) mass is 537 g/mol. The molecule has 0 unspecified atom stereocenters. The highest BCUT2D eigenvalue weighted by Crippen LogP contribution is 2.30. The summed E-state index contributed by atoms with van der Waals surface area (Å²) in [6.45, 7) is 5.31. The van der Waals surface area contributed by atoms with Crippen LogP contribution < -0.4 is 10.8 Å². The maximum absolute atomic E-state index is 13.3. The van der Waals surface area contributed by atoms with Gasteiger partial charge in [-0.15, -0.1) is 11.3 Å². The molecule has 10 nitrogen and oxygen atoms in total. The van der Waals surface area contributed by atoms with Gasteiger partial charge in [-0.2, -0.15) is 5.48 Å². The van der Waals surface area contributed by atoms with Crippen molar-refractivity contribution in [3.63, 3.8) is 0 Å². The number of piperidine rings is 1. The number of hydrogen-bond donors (Lipinski definition) is 2. The van der Waals surface area contributed by atoms with Crippen LogP contribution in [0.25, 0.3) is 0 Å². The van der Waals surface area contributed by atoms with Crippen molar-refractivity contribution in [3.8, 4) is 0 Å². The molecular weight excluding hydrogens is 517 g/mol. The van der Waals surface area contributed by atoms with Crippen molar-refractivity contribution in [3.05, 3.63) is 50.3 Å². The molecule has 3 aromatic rings. The number of nitrogens with zero attached hydrogens (tertiary/aromatic N) is 5. The average Bonchev–Trinajstić information content (AvgIpc) is 3.49. The van der Waals surface area contributed by atoms with Gasteiger partial charge >= 0.3 is 0 Å². The predicted molar refractivity (Wildman–Crippen MR) is 125 cm³/mol. The summed E-state index contributed by atoms with van der Waals surface area (Å²) < 4.78 is 18.2. The number of rotatable bonds is 8. The molecule has 3 heterocycles. The normalized spacial score (nSPS) is 15.1. The Hall–Kier alpha value is -2.90. The van der Waals surface area contributed by atoms with E-state index >= 15 is 0 Å². The Labute approximate surface area is 201 Å². The minimum Gasteiger partial charge on any atom is -0.304 e. The van der Waals surface area contributed by atoms with E-state index in [1.165, 1.54) is 35.8 Å². The van der Waals surface area contributed by atoms with E-state index in [0.717, 1.165) is 37.5 Å². The van der Waals surface area contributed by atoms with E-state index in [1.807, 2.05) is 0 Å².